The van der Waals surface area contributed by atoms with Crippen LogP contribution in [0.25, 0.3) is 0 Å². The summed E-state index contributed by atoms with van der Waals surface area (Å²) in [4.78, 5) is 11.9. The number of carbonyl (C=O) groups excluding carboxylic acids is 1. The molecule has 2 rings (SSSR count). The zero-order valence-electron chi connectivity index (χ0n) is 11.2. The highest BCUT2D eigenvalue weighted by Crippen LogP contribution is 2.27. The molecule has 20 heavy (non-hydrogen) atoms. The van der Waals surface area contributed by atoms with Crippen LogP contribution < -0.4 is 11.1 Å². The second kappa shape index (κ2) is 8.32. The normalized spacial score (nSPS) is 13.4. The van der Waals surface area contributed by atoms with Crippen molar-refractivity contribution in [2.75, 3.05) is 6.54 Å². The molecule has 1 aromatic carbocycles. The monoisotopic (exact) mass is 357 g/mol. The Balaban J connectivity index is 0.00000200. The Morgan fingerprint density at radius 1 is 1.35 bits per heavy atom. The largest absolute Gasteiger partial charge is 0.379 e. The molecule has 0 aromatic heterocycles. The fourth-order valence-electron chi connectivity index (χ4n) is 1.84. The van der Waals surface area contributed by atoms with Crippen LogP contribution >= 0.6 is 28.7 Å². The van der Waals surface area contributed by atoms with E-state index in [1.165, 1.54) is 24.6 Å². The summed E-state index contributed by atoms with van der Waals surface area (Å²) in [6, 6.07) is 7.83. The molecule has 0 radical (unpaired) electrons. The van der Waals surface area contributed by atoms with Crippen LogP contribution in [0, 0.1) is 11.3 Å². The van der Waals surface area contributed by atoms with E-state index in [0.717, 1.165) is 17.7 Å². The summed E-state index contributed by atoms with van der Waals surface area (Å²) in [6.45, 7) is 0.809. The summed E-state index contributed by atoms with van der Waals surface area (Å²) >= 11 is 1.28. The van der Waals surface area contributed by atoms with Gasteiger partial charge < -0.3 is 11.1 Å². The summed E-state index contributed by atoms with van der Waals surface area (Å²) in [5.41, 5.74) is 7.44. The maximum Gasteiger partial charge on any atom is 0.224 e. The molecule has 4 N–H and O–H groups in total. The molecule has 1 saturated carbocycles. The van der Waals surface area contributed by atoms with E-state index in [1.54, 1.807) is 0 Å². The SMILES string of the molecule is Br.N=C(N)SCc1ccccc1CC(=O)NCC1CC1. The van der Waals surface area contributed by atoms with Crippen molar-refractivity contribution in [1.29, 1.82) is 5.41 Å². The third-order valence-corrected chi connectivity index (χ3v) is 3.90. The van der Waals surface area contributed by atoms with E-state index < -0.39 is 0 Å². The maximum absolute atomic E-state index is 11.9. The van der Waals surface area contributed by atoms with Crippen molar-refractivity contribution in [3.63, 3.8) is 0 Å². The van der Waals surface area contributed by atoms with E-state index in [9.17, 15) is 4.79 Å². The fraction of sp³-hybridized carbons (Fsp3) is 0.429. The van der Waals surface area contributed by atoms with Crippen LogP contribution in [0.5, 0.6) is 0 Å². The molecule has 6 heteroatoms. The molecule has 0 unspecified atom stereocenters. The van der Waals surface area contributed by atoms with Crippen LogP contribution in [0.2, 0.25) is 0 Å². The molecule has 1 aliphatic carbocycles. The first-order chi connectivity index (χ1) is 9.15. The Hall–Kier alpha value is -1.01. The van der Waals surface area contributed by atoms with Crippen LogP contribution in [-0.4, -0.2) is 17.6 Å². The summed E-state index contributed by atoms with van der Waals surface area (Å²) in [5, 5.41) is 10.3. The number of amides is 1. The minimum absolute atomic E-state index is 0. The Bertz CT molecular complexity index is 477. The van der Waals surface area contributed by atoms with E-state index >= 15 is 0 Å². The van der Waals surface area contributed by atoms with Crippen LogP contribution in [0.15, 0.2) is 24.3 Å². The predicted octanol–water partition coefficient (Wildman–Crippen LogP) is 2.46. The van der Waals surface area contributed by atoms with Gasteiger partial charge in [0.2, 0.25) is 5.91 Å². The number of halogens is 1. The Morgan fingerprint density at radius 3 is 2.60 bits per heavy atom. The Morgan fingerprint density at radius 2 is 2.00 bits per heavy atom. The molecule has 1 aromatic rings. The van der Waals surface area contributed by atoms with Gasteiger partial charge in [-0.2, -0.15) is 0 Å². The zero-order chi connectivity index (χ0) is 13.7. The highest BCUT2D eigenvalue weighted by atomic mass is 79.9. The second-order valence-electron chi connectivity index (χ2n) is 4.85. The number of carbonyl (C=O) groups is 1. The van der Waals surface area contributed by atoms with Crippen molar-refractivity contribution < 1.29 is 4.79 Å². The van der Waals surface area contributed by atoms with Crippen LogP contribution in [-0.2, 0) is 17.0 Å². The minimum atomic E-state index is 0. The number of hydrogen-bond donors (Lipinski definition) is 3. The third-order valence-electron chi connectivity index (χ3n) is 3.14. The number of thioether (sulfide) groups is 1. The zero-order valence-corrected chi connectivity index (χ0v) is 13.8. The van der Waals surface area contributed by atoms with Gasteiger partial charge in [0.1, 0.15) is 0 Å². The molecule has 0 bridgehead atoms. The van der Waals surface area contributed by atoms with E-state index in [1.807, 2.05) is 24.3 Å². The molecular weight excluding hydrogens is 338 g/mol. The summed E-state index contributed by atoms with van der Waals surface area (Å²) in [5.74, 6) is 1.42. The average molecular weight is 358 g/mol. The molecule has 4 nitrogen and oxygen atoms in total. The van der Waals surface area contributed by atoms with Gasteiger partial charge in [-0.1, -0.05) is 36.0 Å². The lowest BCUT2D eigenvalue weighted by Crippen LogP contribution is -2.27. The molecule has 1 amide bonds. The highest BCUT2D eigenvalue weighted by Gasteiger charge is 2.21. The Kier molecular flexibility index (Phi) is 7.09. The molecule has 0 atom stereocenters. The van der Waals surface area contributed by atoms with E-state index in [4.69, 9.17) is 11.1 Å². The van der Waals surface area contributed by atoms with E-state index in [2.05, 4.69) is 5.32 Å². The molecule has 1 aliphatic rings. The van der Waals surface area contributed by atoms with Crippen molar-refractivity contribution in [1.82, 2.24) is 5.32 Å². The highest BCUT2D eigenvalue weighted by molar-refractivity contribution is 8.93. The Labute approximate surface area is 134 Å². The quantitative estimate of drug-likeness (QED) is 0.540. The predicted molar refractivity (Wildman–Crippen MR) is 89.4 cm³/mol. The molecule has 0 saturated heterocycles. The smallest absolute Gasteiger partial charge is 0.224 e. The molecular formula is C14H20BrN3OS. The van der Waals surface area contributed by atoms with E-state index in [0.29, 0.717) is 18.1 Å². The molecule has 0 heterocycles. The van der Waals surface area contributed by atoms with Gasteiger partial charge in [0, 0.05) is 12.3 Å². The van der Waals surface area contributed by atoms with Crippen molar-refractivity contribution in [3.05, 3.63) is 35.4 Å². The van der Waals surface area contributed by atoms with Crippen LogP contribution in [0.4, 0.5) is 0 Å². The number of nitrogens with one attached hydrogen (secondary N) is 2. The average Bonchev–Trinajstić information content (AvgIpc) is 3.19. The lowest BCUT2D eigenvalue weighted by Gasteiger charge is -2.09. The number of amidine groups is 1. The fourth-order valence-corrected chi connectivity index (χ4v) is 2.43. The first-order valence-electron chi connectivity index (χ1n) is 6.45. The molecule has 110 valence electrons. The van der Waals surface area contributed by atoms with Crippen LogP contribution in [0.1, 0.15) is 24.0 Å². The van der Waals surface area contributed by atoms with Gasteiger partial charge in [-0.3, -0.25) is 10.2 Å². The molecule has 1 fully saturated rings. The molecule has 0 aliphatic heterocycles. The summed E-state index contributed by atoms with van der Waals surface area (Å²) < 4.78 is 0. The lowest BCUT2D eigenvalue weighted by molar-refractivity contribution is -0.120. The topological polar surface area (TPSA) is 79.0 Å². The number of benzene rings is 1. The number of hydrogen-bond acceptors (Lipinski definition) is 3. The molecule has 0 spiro atoms. The number of nitrogens with two attached hydrogens (primary N) is 1. The van der Waals surface area contributed by atoms with Gasteiger partial charge >= 0.3 is 0 Å². The standard InChI is InChI=1S/C14H19N3OS.BrH/c15-14(16)19-9-12-4-2-1-3-11(12)7-13(18)17-8-10-5-6-10;/h1-4,10H,5-9H2,(H3,15,16)(H,17,18);1H. The van der Waals surface area contributed by atoms with Crippen LogP contribution in [0.3, 0.4) is 0 Å². The van der Waals surface area contributed by atoms with Gasteiger partial charge in [0.05, 0.1) is 6.42 Å². The lowest BCUT2D eigenvalue weighted by atomic mass is 10.1. The summed E-state index contributed by atoms with van der Waals surface area (Å²) in [7, 11) is 0. The first kappa shape index (κ1) is 17.0. The summed E-state index contributed by atoms with van der Waals surface area (Å²) in [6.07, 6.45) is 2.89. The van der Waals surface area contributed by atoms with Gasteiger partial charge in [-0.05, 0) is 29.9 Å². The van der Waals surface area contributed by atoms with Crippen molar-refractivity contribution in [2.45, 2.75) is 25.0 Å². The van der Waals surface area contributed by atoms with Crippen molar-refractivity contribution in [2.24, 2.45) is 11.7 Å². The van der Waals surface area contributed by atoms with Gasteiger partial charge in [0.15, 0.2) is 5.17 Å². The second-order valence-corrected chi connectivity index (χ2v) is 5.86. The third kappa shape index (κ3) is 5.96. The number of rotatable bonds is 6. The minimum Gasteiger partial charge on any atom is -0.379 e. The van der Waals surface area contributed by atoms with E-state index in [-0.39, 0.29) is 28.1 Å². The van der Waals surface area contributed by atoms with Crippen molar-refractivity contribution >= 4 is 39.8 Å². The van der Waals surface area contributed by atoms with Gasteiger partial charge in [-0.15, -0.1) is 17.0 Å². The van der Waals surface area contributed by atoms with Crippen molar-refractivity contribution in [3.8, 4) is 0 Å². The first-order valence-corrected chi connectivity index (χ1v) is 7.44. The van der Waals surface area contributed by atoms with Gasteiger partial charge in [0.25, 0.3) is 0 Å². The van der Waals surface area contributed by atoms with Gasteiger partial charge in [-0.25, -0.2) is 0 Å². The maximum atomic E-state index is 11.9.